The van der Waals surface area contributed by atoms with Gasteiger partial charge in [-0.2, -0.15) is 0 Å². The van der Waals surface area contributed by atoms with E-state index in [1.807, 2.05) is 48.7 Å². The molecule has 2 aromatic carbocycles. The summed E-state index contributed by atoms with van der Waals surface area (Å²) in [5.74, 6) is 0.841. The Bertz CT molecular complexity index is 623. The topological polar surface area (TPSA) is 24.8 Å². The number of hydrogen-bond acceptors (Lipinski definition) is 3. The first-order chi connectivity index (χ1) is 9.28. The smallest absolute Gasteiger partial charge is 0.120 e. The maximum atomic E-state index is 5.93. The molecule has 0 aromatic heterocycles. The largest absolute Gasteiger partial charge is 0.497 e. The third kappa shape index (κ3) is 2.29. The first-order valence-electron chi connectivity index (χ1n) is 5.99. The van der Waals surface area contributed by atoms with Gasteiger partial charge in [-0.3, -0.25) is 4.99 Å². The highest BCUT2D eigenvalue weighted by Crippen LogP contribution is 2.33. The molecule has 0 radical (unpaired) electrons. The molecular formula is C15H13ClN2O. The van der Waals surface area contributed by atoms with Crippen molar-refractivity contribution in [1.82, 2.24) is 0 Å². The van der Waals surface area contributed by atoms with E-state index in [4.69, 9.17) is 16.3 Å². The number of nitrogens with zero attached hydrogens (tertiary/aromatic N) is 2. The van der Waals surface area contributed by atoms with Crippen LogP contribution < -0.4 is 9.64 Å². The summed E-state index contributed by atoms with van der Waals surface area (Å²) in [6, 6.07) is 13.7. The Kier molecular flexibility index (Phi) is 3.13. The fourth-order valence-corrected chi connectivity index (χ4v) is 2.26. The van der Waals surface area contributed by atoms with Crippen LogP contribution >= 0.6 is 11.6 Å². The third-order valence-electron chi connectivity index (χ3n) is 3.12. The second-order valence-corrected chi connectivity index (χ2v) is 4.72. The molecule has 1 aliphatic heterocycles. The minimum Gasteiger partial charge on any atom is -0.497 e. The van der Waals surface area contributed by atoms with Crippen LogP contribution in [0.4, 0.5) is 11.4 Å². The van der Waals surface area contributed by atoms with Gasteiger partial charge in [-0.05, 0) is 36.4 Å². The molecule has 0 bridgehead atoms. The number of methoxy groups -OCH3 is 1. The van der Waals surface area contributed by atoms with Gasteiger partial charge in [0.1, 0.15) is 12.4 Å². The van der Waals surface area contributed by atoms with Gasteiger partial charge < -0.3 is 9.64 Å². The summed E-state index contributed by atoms with van der Waals surface area (Å²) in [5, 5.41) is 0.732. The number of ether oxygens (including phenoxy) is 1. The van der Waals surface area contributed by atoms with Crippen molar-refractivity contribution in [2.24, 2.45) is 4.99 Å². The zero-order valence-electron chi connectivity index (χ0n) is 10.5. The molecule has 2 aromatic rings. The molecule has 96 valence electrons. The molecule has 4 heteroatoms. The van der Waals surface area contributed by atoms with E-state index in [1.165, 1.54) is 0 Å². The van der Waals surface area contributed by atoms with Crippen molar-refractivity contribution in [3.05, 3.63) is 53.1 Å². The van der Waals surface area contributed by atoms with E-state index >= 15 is 0 Å². The summed E-state index contributed by atoms with van der Waals surface area (Å²) >= 11 is 5.93. The molecule has 19 heavy (non-hydrogen) atoms. The Morgan fingerprint density at radius 3 is 2.68 bits per heavy atom. The Labute approximate surface area is 117 Å². The molecule has 3 nitrogen and oxygen atoms in total. The summed E-state index contributed by atoms with van der Waals surface area (Å²) in [6.07, 6.45) is 1.89. The first-order valence-corrected chi connectivity index (χ1v) is 6.37. The first kappa shape index (κ1) is 12.1. The standard InChI is InChI=1S/C15H13ClN2O/c1-19-14-7-2-11-9-17-10-18(15(11)8-14)13-5-3-12(16)4-6-13/h2-9H,10H2,1H3. The maximum Gasteiger partial charge on any atom is 0.120 e. The summed E-state index contributed by atoms with van der Waals surface area (Å²) in [7, 11) is 1.67. The number of hydrogen-bond donors (Lipinski definition) is 0. The second kappa shape index (κ2) is 4.94. The Hall–Kier alpha value is -2.00. The molecule has 1 heterocycles. The van der Waals surface area contributed by atoms with Crippen molar-refractivity contribution in [2.45, 2.75) is 0 Å². The summed E-state index contributed by atoms with van der Waals surface area (Å²) < 4.78 is 5.29. The van der Waals surface area contributed by atoms with Crippen LogP contribution in [-0.4, -0.2) is 20.0 Å². The molecule has 0 N–H and O–H groups in total. The van der Waals surface area contributed by atoms with Gasteiger partial charge in [0.15, 0.2) is 0 Å². The zero-order valence-corrected chi connectivity index (χ0v) is 11.3. The fraction of sp³-hybridized carbons (Fsp3) is 0.133. The number of benzene rings is 2. The molecule has 0 saturated heterocycles. The predicted molar refractivity (Wildman–Crippen MR) is 79.0 cm³/mol. The van der Waals surface area contributed by atoms with E-state index in [1.54, 1.807) is 7.11 Å². The molecule has 3 rings (SSSR count). The maximum absolute atomic E-state index is 5.93. The third-order valence-corrected chi connectivity index (χ3v) is 3.37. The van der Waals surface area contributed by atoms with Gasteiger partial charge in [-0.15, -0.1) is 0 Å². The quantitative estimate of drug-likeness (QED) is 0.829. The van der Waals surface area contributed by atoms with E-state index in [2.05, 4.69) is 9.89 Å². The van der Waals surface area contributed by atoms with Crippen LogP contribution in [0.5, 0.6) is 5.75 Å². The van der Waals surface area contributed by atoms with E-state index in [0.717, 1.165) is 27.7 Å². The molecule has 0 unspecified atom stereocenters. The normalized spacial score (nSPS) is 13.3. The average molecular weight is 273 g/mol. The van der Waals surface area contributed by atoms with E-state index in [-0.39, 0.29) is 0 Å². The number of aliphatic imine (C=N–C) groups is 1. The lowest BCUT2D eigenvalue weighted by atomic mass is 10.1. The van der Waals surface area contributed by atoms with Crippen LogP contribution in [-0.2, 0) is 0 Å². The van der Waals surface area contributed by atoms with Gasteiger partial charge in [-0.25, -0.2) is 0 Å². The van der Waals surface area contributed by atoms with Crippen molar-refractivity contribution >= 4 is 29.2 Å². The van der Waals surface area contributed by atoms with Gasteiger partial charge in [0.05, 0.1) is 12.8 Å². The van der Waals surface area contributed by atoms with Gasteiger partial charge in [0, 0.05) is 28.6 Å². The van der Waals surface area contributed by atoms with Gasteiger partial charge >= 0.3 is 0 Å². The number of halogens is 1. The summed E-state index contributed by atoms with van der Waals surface area (Å²) in [6.45, 7) is 0.599. The van der Waals surface area contributed by atoms with Crippen molar-refractivity contribution in [3.63, 3.8) is 0 Å². The van der Waals surface area contributed by atoms with Crippen molar-refractivity contribution in [2.75, 3.05) is 18.7 Å². The lowest BCUT2D eigenvalue weighted by Gasteiger charge is -2.27. The van der Waals surface area contributed by atoms with Crippen molar-refractivity contribution in [1.29, 1.82) is 0 Å². The Balaban J connectivity index is 2.06. The van der Waals surface area contributed by atoms with Crippen LogP contribution in [0.3, 0.4) is 0 Å². The average Bonchev–Trinajstić information content (AvgIpc) is 2.47. The minimum atomic E-state index is 0.599. The predicted octanol–water partition coefficient (Wildman–Crippen LogP) is 3.88. The lowest BCUT2D eigenvalue weighted by molar-refractivity contribution is 0.415. The van der Waals surface area contributed by atoms with Gasteiger partial charge in [0.2, 0.25) is 0 Å². The van der Waals surface area contributed by atoms with E-state index in [0.29, 0.717) is 6.67 Å². The highest BCUT2D eigenvalue weighted by atomic mass is 35.5. The van der Waals surface area contributed by atoms with Crippen LogP contribution in [0.1, 0.15) is 5.56 Å². The van der Waals surface area contributed by atoms with E-state index < -0.39 is 0 Å². The van der Waals surface area contributed by atoms with Gasteiger partial charge in [-0.1, -0.05) is 11.6 Å². The lowest BCUT2D eigenvalue weighted by Crippen LogP contribution is -2.21. The fourth-order valence-electron chi connectivity index (χ4n) is 2.13. The highest BCUT2D eigenvalue weighted by Gasteiger charge is 2.16. The highest BCUT2D eigenvalue weighted by molar-refractivity contribution is 6.30. The molecule has 1 aliphatic rings. The van der Waals surface area contributed by atoms with Crippen molar-refractivity contribution < 1.29 is 4.74 Å². The molecule has 0 amide bonds. The molecule has 0 spiro atoms. The molecule has 0 atom stereocenters. The summed E-state index contributed by atoms with van der Waals surface area (Å²) in [5.41, 5.74) is 3.24. The molecular weight excluding hydrogens is 260 g/mol. The Morgan fingerprint density at radius 2 is 1.95 bits per heavy atom. The zero-order chi connectivity index (χ0) is 13.2. The number of rotatable bonds is 2. The van der Waals surface area contributed by atoms with E-state index in [9.17, 15) is 0 Å². The number of anilines is 2. The molecule has 0 fully saturated rings. The van der Waals surface area contributed by atoms with Crippen molar-refractivity contribution in [3.8, 4) is 5.75 Å². The molecule has 0 aliphatic carbocycles. The monoisotopic (exact) mass is 272 g/mol. The summed E-state index contributed by atoms with van der Waals surface area (Å²) in [4.78, 5) is 6.51. The Morgan fingerprint density at radius 1 is 1.16 bits per heavy atom. The SMILES string of the molecule is COc1ccc2c(c1)N(c1ccc(Cl)cc1)CN=C2. The number of fused-ring (bicyclic) bond motifs is 1. The molecule has 0 saturated carbocycles. The van der Waals surface area contributed by atoms with Crippen LogP contribution in [0.2, 0.25) is 5.02 Å². The minimum absolute atomic E-state index is 0.599. The van der Waals surface area contributed by atoms with Crippen LogP contribution in [0.25, 0.3) is 0 Å². The van der Waals surface area contributed by atoms with Gasteiger partial charge in [0.25, 0.3) is 0 Å². The van der Waals surface area contributed by atoms with Crippen LogP contribution in [0, 0.1) is 0 Å². The van der Waals surface area contributed by atoms with Crippen LogP contribution in [0.15, 0.2) is 47.5 Å². The second-order valence-electron chi connectivity index (χ2n) is 4.28.